The number of benzene rings is 3. The van der Waals surface area contributed by atoms with E-state index in [1.54, 1.807) is 66.1 Å². The maximum Gasteiger partial charge on any atom is 0.281 e. The Kier molecular flexibility index (Phi) is 8.28. The number of aryl methyl sites for hydroxylation is 2. The molecule has 0 aliphatic heterocycles. The Morgan fingerprint density at radius 3 is 2.11 bits per heavy atom. The molecule has 7 nitrogen and oxygen atoms in total. The molecule has 6 rings (SSSR count). The highest BCUT2D eigenvalue weighted by Crippen LogP contribution is 2.39. The van der Waals surface area contributed by atoms with Crippen molar-refractivity contribution in [2.75, 3.05) is 5.32 Å². The van der Waals surface area contributed by atoms with E-state index in [4.69, 9.17) is 0 Å². The first-order chi connectivity index (χ1) is 21.4. The number of nitrogens with one attached hydrogen (secondary N) is 2. The maximum absolute atomic E-state index is 13.7. The average Bonchev–Trinajstić information content (AvgIpc) is 3.57. The first-order valence-corrected chi connectivity index (χ1v) is 15.6. The summed E-state index contributed by atoms with van der Waals surface area (Å²) >= 11 is 1.68. The lowest BCUT2D eigenvalue weighted by Crippen LogP contribution is -2.43. The number of thiophene rings is 1. The minimum Gasteiger partial charge on any atom is -0.372 e. The van der Waals surface area contributed by atoms with Gasteiger partial charge in [-0.3, -0.25) is 9.59 Å². The van der Waals surface area contributed by atoms with Gasteiger partial charge in [-0.25, -0.2) is 5.43 Å². The van der Waals surface area contributed by atoms with Crippen molar-refractivity contribution in [2.45, 2.75) is 45.1 Å². The van der Waals surface area contributed by atoms with Gasteiger partial charge in [-0.05, 0) is 74.4 Å². The van der Waals surface area contributed by atoms with Crippen molar-refractivity contribution in [3.63, 3.8) is 0 Å². The van der Waals surface area contributed by atoms with Crippen LogP contribution in [0.4, 0.5) is 5.69 Å². The molecule has 0 unspecified atom stereocenters. The van der Waals surface area contributed by atoms with Gasteiger partial charge in [-0.1, -0.05) is 78.9 Å². The molecule has 0 saturated heterocycles. The van der Waals surface area contributed by atoms with E-state index >= 15 is 0 Å². The van der Waals surface area contributed by atoms with Crippen LogP contribution in [-0.4, -0.2) is 27.7 Å². The Morgan fingerprint density at radius 1 is 0.886 bits per heavy atom. The number of fused-ring (bicyclic) bond motifs is 1. The summed E-state index contributed by atoms with van der Waals surface area (Å²) < 4.78 is 2.11. The summed E-state index contributed by atoms with van der Waals surface area (Å²) in [6, 6.07) is 29.2. The molecule has 0 radical (unpaired) electrons. The maximum atomic E-state index is 13.7. The smallest absolute Gasteiger partial charge is 0.281 e. The molecule has 2 aromatic heterocycles. The largest absolute Gasteiger partial charge is 0.372 e. The van der Waals surface area contributed by atoms with Crippen molar-refractivity contribution in [3.05, 3.63) is 141 Å². The van der Waals surface area contributed by atoms with Gasteiger partial charge in [0.05, 0.1) is 11.8 Å². The van der Waals surface area contributed by atoms with Gasteiger partial charge in [0.15, 0.2) is 5.60 Å². The zero-order valence-electron chi connectivity index (χ0n) is 24.7. The number of hydrazone groups is 1. The van der Waals surface area contributed by atoms with Crippen molar-refractivity contribution in [2.24, 2.45) is 5.10 Å². The summed E-state index contributed by atoms with van der Waals surface area (Å²) in [6.45, 7) is 3.99. The van der Waals surface area contributed by atoms with Crippen LogP contribution < -0.4 is 10.7 Å². The van der Waals surface area contributed by atoms with Crippen molar-refractivity contribution in [1.29, 1.82) is 0 Å². The van der Waals surface area contributed by atoms with Crippen LogP contribution in [0.25, 0.3) is 5.00 Å². The molecule has 1 aliphatic rings. The number of amides is 2. The Labute approximate surface area is 260 Å². The van der Waals surface area contributed by atoms with Crippen LogP contribution in [-0.2, 0) is 23.2 Å². The van der Waals surface area contributed by atoms with Crippen molar-refractivity contribution in [3.8, 4) is 5.00 Å². The quantitative estimate of drug-likeness (QED) is 0.137. The highest BCUT2D eigenvalue weighted by atomic mass is 32.1. The van der Waals surface area contributed by atoms with E-state index in [2.05, 4.69) is 20.4 Å². The Balaban J connectivity index is 1.31. The molecular formula is C36H34N4O3S. The Bertz CT molecular complexity index is 1790. The molecule has 2 amide bonds. The highest BCUT2D eigenvalue weighted by molar-refractivity contribution is 7.15. The first kappa shape index (κ1) is 29.3. The second-order valence-corrected chi connectivity index (χ2v) is 12.1. The van der Waals surface area contributed by atoms with Crippen LogP contribution in [0, 0.1) is 13.8 Å². The summed E-state index contributed by atoms with van der Waals surface area (Å²) in [6.07, 6.45) is 5.62. The topological polar surface area (TPSA) is 95.7 Å². The fraction of sp³-hybridized carbons (Fsp3) is 0.194. The Hall–Kier alpha value is -4.79. The fourth-order valence-electron chi connectivity index (χ4n) is 5.92. The third-order valence-electron chi connectivity index (χ3n) is 8.17. The van der Waals surface area contributed by atoms with E-state index < -0.39 is 11.5 Å². The Morgan fingerprint density at radius 2 is 1.48 bits per heavy atom. The summed E-state index contributed by atoms with van der Waals surface area (Å²) in [7, 11) is 0. The summed E-state index contributed by atoms with van der Waals surface area (Å²) in [5.74, 6) is -0.771. The number of nitrogens with zero attached hydrogens (tertiary/aromatic N) is 2. The van der Waals surface area contributed by atoms with E-state index in [9.17, 15) is 14.7 Å². The minimum atomic E-state index is -1.92. The number of carbonyl (C=O) groups excluding carboxylic acids is 2. The standard InChI is InChI=1S/C36H34N4O3S/c1-24-22-26(23-37-39-35(42)36(43,27-14-6-3-7-15-27)28-16-8-4-9-17-28)25(2)40(24)34-32(30-20-12-13-21-31(30)44-34)33(41)38-29-18-10-5-11-19-29/h3-11,14-19,22-23,43H,12-13,20-21H2,1-2H3,(H,38,41)(H,39,42)/b37-23-. The lowest BCUT2D eigenvalue weighted by atomic mass is 9.85. The summed E-state index contributed by atoms with van der Waals surface area (Å²) in [5, 5.41) is 20.0. The lowest BCUT2D eigenvalue weighted by Gasteiger charge is -2.27. The van der Waals surface area contributed by atoms with Gasteiger partial charge < -0.3 is 15.0 Å². The highest BCUT2D eigenvalue weighted by Gasteiger charge is 2.40. The van der Waals surface area contributed by atoms with Crippen LogP contribution in [0.1, 0.15) is 61.7 Å². The van der Waals surface area contributed by atoms with Gasteiger partial charge in [0.25, 0.3) is 11.8 Å². The second kappa shape index (κ2) is 12.4. The zero-order chi connectivity index (χ0) is 30.7. The molecule has 222 valence electrons. The number of aliphatic hydroxyl groups is 1. The molecule has 2 heterocycles. The molecule has 3 N–H and O–H groups in total. The third kappa shape index (κ3) is 5.50. The monoisotopic (exact) mass is 602 g/mol. The predicted molar refractivity (Wildman–Crippen MR) is 176 cm³/mol. The molecule has 1 aliphatic carbocycles. The molecule has 0 saturated carbocycles. The molecule has 0 bridgehead atoms. The summed E-state index contributed by atoms with van der Waals surface area (Å²) in [4.78, 5) is 28.5. The van der Waals surface area contributed by atoms with Crippen LogP contribution in [0.5, 0.6) is 0 Å². The average molecular weight is 603 g/mol. The molecule has 0 spiro atoms. The van der Waals surface area contributed by atoms with Crippen LogP contribution in [0.15, 0.2) is 102 Å². The molecule has 8 heteroatoms. The normalized spacial score (nSPS) is 13.1. The lowest BCUT2D eigenvalue weighted by molar-refractivity contribution is -0.136. The predicted octanol–water partition coefficient (Wildman–Crippen LogP) is 6.67. The summed E-state index contributed by atoms with van der Waals surface area (Å²) in [5.41, 5.74) is 6.81. The van der Waals surface area contributed by atoms with Gasteiger partial charge in [0.1, 0.15) is 5.00 Å². The van der Waals surface area contributed by atoms with Crippen molar-refractivity contribution in [1.82, 2.24) is 9.99 Å². The molecular weight excluding hydrogens is 568 g/mol. The van der Waals surface area contributed by atoms with Crippen LogP contribution in [0.2, 0.25) is 0 Å². The van der Waals surface area contributed by atoms with E-state index in [1.807, 2.05) is 62.4 Å². The van der Waals surface area contributed by atoms with Gasteiger partial charge in [-0.15, -0.1) is 11.3 Å². The molecule has 5 aromatic rings. The number of aromatic nitrogens is 1. The molecule has 0 fully saturated rings. The third-order valence-corrected chi connectivity index (χ3v) is 9.44. The van der Waals surface area contributed by atoms with E-state index in [-0.39, 0.29) is 5.91 Å². The number of para-hydroxylation sites is 1. The second-order valence-electron chi connectivity index (χ2n) is 11.0. The van der Waals surface area contributed by atoms with Gasteiger partial charge in [0.2, 0.25) is 0 Å². The molecule has 44 heavy (non-hydrogen) atoms. The number of carbonyl (C=O) groups is 2. The van der Waals surface area contributed by atoms with Crippen LogP contribution >= 0.6 is 11.3 Å². The van der Waals surface area contributed by atoms with Gasteiger partial charge >= 0.3 is 0 Å². The van der Waals surface area contributed by atoms with E-state index in [0.29, 0.717) is 11.1 Å². The molecule has 3 aromatic carbocycles. The number of rotatable bonds is 8. The molecule has 0 atom stereocenters. The van der Waals surface area contributed by atoms with E-state index in [0.717, 1.165) is 64.4 Å². The SMILES string of the molecule is Cc1cc(/C=N\NC(=O)C(O)(c2ccccc2)c2ccccc2)c(C)n1-c1sc2c(c1C(=O)Nc1ccccc1)CCCC2. The zero-order valence-corrected chi connectivity index (χ0v) is 25.5. The van der Waals surface area contributed by atoms with E-state index in [1.165, 1.54) is 4.88 Å². The number of hydrogen-bond acceptors (Lipinski definition) is 5. The fourth-order valence-corrected chi connectivity index (χ4v) is 7.42. The van der Waals surface area contributed by atoms with Crippen molar-refractivity contribution >= 4 is 35.1 Å². The van der Waals surface area contributed by atoms with Gasteiger partial charge in [0, 0.05) is 27.5 Å². The number of hydrogen-bond donors (Lipinski definition) is 3. The number of anilines is 1. The minimum absolute atomic E-state index is 0.110. The first-order valence-electron chi connectivity index (χ1n) is 14.7. The van der Waals surface area contributed by atoms with Crippen molar-refractivity contribution < 1.29 is 14.7 Å². The van der Waals surface area contributed by atoms with Crippen LogP contribution in [0.3, 0.4) is 0 Å². The van der Waals surface area contributed by atoms with Gasteiger partial charge in [-0.2, -0.15) is 5.10 Å².